The predicted octanol–water partition coefficient (Wildman–Crippen LogP) is 2.78. The molecule has 1 amide bonds. The highest BCUT2D eigenvalue weighted by Gasteiger charge is 2.06. The molecule has 0 fully saturated rings. The molecule has 1 aromatic carbocycles. The number of H-pyrrole nitrogens is 1. The second-order valence-corrected chi connectivity index (χ2v) is 5.46. The summed E-state index contributed by atoms with van der Waals surface area (Å²) in [5.41, 5.74) is 4.90. The Morgan fingerprint density at radius 2 is 2.00 bits per heavy atom. The monoisotopic (exact) mass is 309 g/mol. The molecule has 0 radical (unpaired) electrons. The third-order valence-electron chi connectivity index (χ3n) is 3.86. The number of hydrogen-bond acceptors (Lipinski definition) is 3. The van der Waals surface area contributed by atoms with Gasteiger partial charge in [0.25, 0.3) is 0 Å². The van der Waals surface area contributed by atoms with Gasteiger partial charge in [0.1, 0.15) is 0 Å². The fourth-order valence-corrected chi connectivity index (χ4v) is 2.36. The molecule has 6 heteroatoms. The standard InChI is InChI=1S/C17H19N5O/c1-12-13(2)22(11-18-12)16-6-3-14(4-7-16)20-17(23)8-5-15-9-10-19-21-15/h3-4,6-7,9-11H,5,8H2,1-2H3,(H,19,21)(H,20,23). The molecule has 0 spiro atoms. The molecule has 23 heavy (non-hydrogen) atoms. The zero-order chi connectivity index (χ0) is 16.2. The Balaban J connectivity index is 1.61. The maximum absolute atomic E-state index is 12.0. The minimum atomic E-state index is -0.0120. The molecule has 118 valence electrons. The number of nitrogens with one attached hydrogen (secondary N) is 2. The fourth-order valence-electron chi connectivity index (χ4n) is 2.36. The third kappa shape index (κ3) is 3.48. The SMILES string of the molecule is Cc1ncn(-c2ccc(NC(=O)CCc3ccn[nH]3)cc2)c1C. The van der Waals surface area contributed by atoms with E-state index >= 15 is 0 Å². The highest BCUT2D eigenvalue weighted by Crippen LogP contribution is 2.17. The molecular formula is C17H19N5O. The predicted molar refractivity (Wildman–Crippen MR) is 88.6 cm³/mol. The van der Waals surface area contributed by atoms with Crippen molar-refractivity contribution in [1.29, 1.82) is 0 Å². The Morgan fingerprint density at radius 3 is 2.61 bits per heavy atom. The molecule has 3 rings (SSSR count). The molecule has 6 nitrogen and oxygen atoms in total. The summed E-state index contributed by atoms with van der Waals surface area (Å²) in [4.78, 5) is 16.3. The van der Waals surface area contributed by atoms with Gasteiger partial charge in [-0.3, -0.25) is 9.89 Å². The van der Waals surface area contributed by atoms with Gasteiger partial charge in [0.05, 0.1) is 12.0 Å². The van der Waals surface area contributed by atoms with Crippen LogP contribution in [0.5, 0.6) is 0 Å². The van der Waals surface area contributed by atoms with Gasteiger partial charge in [-0.1, -0.05) is 0 Å². The summed E-state index contributed by atoms with van der Waals surface area (Å²) in [6.45, 7) is 4.02. The molecular weight excluding hydrogens is 290 g/mol. The van der Waals surface area contributed by atoms with Crippen LogP contribution in [0.2, 0.25) is 0 Å². The quantitative estimate of drug-likeness (QED) is 0.761. The Morgan fingerprint density at radius 1 is 1.22 bits per heavy atom. The van der Waals surface area contributed by atoms with E-state index in [-0.39, 0.29) is 5.91 Å². The number of carbonyl (C=O) groups excluding carboxylic acids is 1. The normalized spacial score (nSPS) is 10.7. The fraction of sp³-hybridized carbons (Fsp3) is 0.235. The van der Waals surface area contributed by atoms with Crippen molar-refractivity contribution in [3.05, 3.63) is 59.9 Å². The molecule has 2 heterocycles. The molecule has 3 aromatic rings. The van der Waals surface area contributed by atoms with Crippen LogP contribution in [0.15, 0.2) is 42.9 Å². The summed E-state index contributed by atoms with van der Waals surface area (Å²) in [5, 5.41) is 9.62. The Bertz CT molecular complexity index is 787. The molecule has 0 aliphatic heterocycles. The number of aromatic amines is 1. The van der Waals surface area contributed by atoms with Crippen LogP contribution < -0.4 is 5.32 Å². The molecule has 0 aliphatic carbocycles. The Kier molecular flexibility index (Phi) is 4.23. The Labute approximate surface area is 134 Å². The molecule has 2 aromatic heterocycles. The van der Waals surface area contributed by atoms with Crippen molar-refractivity contribution >= 4 is 11.6 Å². The van der Waals surface area contributed by atoms with Gasteiger partial charge < -0.3 is 9.88 Å². The zero-order valence-electron chi connectivity index (χ0n) is 13.2. The molecule has 0 atom stereocenters. The molecule has 0 saturated carbocycles. The lowest BCUT2D eigenvalue weighted by atomic mass is 10.2. The maximum atomic E-state index is 12.0. The van der Waals surface area contributed by atoms with Gasteiger partial charge in [-0.15, -0.1) is 0 Å². The summed E-state index contributed by atoms with van der Waals surface area (Å²) in [7, 11) is 0. The molecule has 0 bridgehead atoms. The van der Waals surface area contributed by atoms with Crippen LogP contribution in [0.4, 0.5) is 5.69 Å². The van der Waals surface area contributed by atoms with E-state index in [4.69, 9.17) is 0 Å². The van der Waals surface area contributed by atoms with Crippen LogP contribution in [-0.2, 0) is 11.2 Å². The number of aromatic nitrogens is 4. The van der Waals surface area contributed by atoms with E-state index in [1.807, 2.05) is 55.1 Å². The van der Waals surface area contributed by atoms with Crippen LogP contribution in [0, 0.1) is 13.8 Å². The molecule has 2 N–H and O–H groups in total. The summed E-state index contributed by atoms with van der Waals surface area (Å²) < 4.78 is 2.03. The van der Waals surface area contributed by atoms with E-state index in [0.29, 0.717) is 12.8 Å². The van der Waals surface area contributed by atoms with Crippen molar-refractivity contribution < 1.29 is 4.79 Å². The van der Waals surface area contributed by atoms with Gasteiger partial charge in [0.15, 0.2) is 0 Å². The van der Waals surface area contributed by atoms with Crippen LogP contribution in [0.3, 0.4) is 0 Å². The topological polar surface area (TPSA) is 75.6 Å². The second-order valence-electron chi connectivity index (χ2n) is 5.46. The van der Waals surface area contributed by atoms with Crippen molar-refractivity contribution in [2.75, 3.05) is 5.32 Å². The summed E-state index contributed by atoms with van der Waals surface area (Å²) in [5.74, 6) is -0.0120. The minimum Gasteiger partial charge on any atom is -0.326 e. The molecule has 0 aliphatic rings. The van der Waals surface area contributed by atoms with Crippen LogP contribution >= 0.6 is 0 Å². The largest absolute Gasteiger partial charge is 0.326 e. The van der Waals surface area contributed by atoms with Crippen LogP contribution in [0.25, 0.3) is 5.69 Å². The summed E-state index contributed by atoms with van der Waals surface area (Å²) in [6, 6.07) is 9.62. The lowest BCUT2D eigenvalue weighted by Crippen LogP contribution is -2.12. The van der Waals surface area contributed by atoms with Crippen LogP contribution in [-0.4, -0.2) is 25.7 Å². The average molecular weight is 309 g/mol. The summed E-state index contributed by atoms with van der Waals surface area (Å²) in [6.07, 6.45) is 4.57. The van der Waals surface area contributed by atoms with Gasteiger partial charge >= 0.3 is 0 Å². The number of rotatable bonds is 5. The van der Waals surface area contributed by atoms with Crippen molar-refractivity contribution in [3.8, 4) is 5.69 Å². The van der Waals surface area contributed by atoms with Crippen molar-refractivity contribution in [3.63, 3.8) is 0 Å². The number of nitrogens with zero attached hydrogens (tertiary/aromatic N) is 3. The minimum absolute atomic E-state index is 0.0120. The lowest BCUT2D eigenvalue weighted by molar-refractivity contribution is -0.116. The van der Waals surface area contributed by atoms with Gasteiger partial charge in [-0.25, -0.2) is 4.98 Å². The molecule has 0 saturated heterocycles. The highest BCUT2D eigenvalue weighted by atomic mass is 16.1. The van der Waals surface area contributed by atoms with E-state index in [2.05, 4.69) is 20.5 Å². The lowest BCUT2D eigenvalue weighted by Gasteiger charge is -2.08. The summed E-state index contributed by atoms with van der Waals surface area (Å²) >= 11 is 0. The number of amides is 1. The van der Waals surface area contributed by atoms with E-state index < -0.39 is 0 Å². The first-order valence-electron chi connectivity index (χ1n) is 7.52. The van der Waals surface area contributed by atoms with E-state index in [0.717, 1.165) is 28.5 Å². The van der Waals surface area contributed by atoms with E-state index in [1.165, 1.54) is 0 Å². The number of carbonyl (C=O) groups is 1. The third-order valence-corrected chi connectivity index (χ3v) is 3.86. The van der Waals surface area contributed by atoms with Crippen molar-refractivity contribution in [2.45, 2.75) is 26.7 Å². The number of benzene rings is 1. The smallest absolute Gasteiger partial charge is 0.224 e. The highest BCUT2D eigenvalue weighted by molar-refractivity contribution is 5.90. The van der Waals surface area contributed by atoms with Crippen LogP contribution in [0.1, 0.15) is 23.5 Å². The van der Waals surface area contributed by atoms with Crippen molar-refractivity contribution in [2.24, 2.45) is 0 Å². The van der Waals surface area contributed by atoms with Crippen molar-refractivity contribution in [1.82, 2.24) is 19.7 Å². The number of anilines is 1. The first-order chi connectivity index (χ1) is 11.1. The van der Waals surface area contributed by atoms with Gasteiger partial charge in [0.2, 0.25) is 5.91 Å². The average Bonchev–Trinajstić information content (AvgIpc) is 3.18. The van der Waals surface area contributed by atoms with E-state index in [1.54, 1.807) is 6.20 Å². The Hall–Kier alpha value is -2.89. The first kappa shape index (κ1) is 15.0. The molecule has 0 unspecified atom stereocenters. The second kappa shape index (κ2) is 6.48. The van der Waals surface area contributed by atoms with E-state index in [9.17, 15) is 4.79 Å². The maximum Gasteiger partial charge on any atom is 0.224 e. The first-order valence-corrected chi connectivity index (χ1v) is 7.52. The van der Waals surface area contributed by atoms with Gasteiger partial charge in [-0.05, 0) is 50.6 Å². The van der Waals surface area contributed by atoms with Gasteiger partial charge in [-0.2, -0.15) is 5.10 Å². The number of imidazole rings is 1. The number of hydrogen-bond donors (Lipinski definition) is 2. The van der Waals surface area contributed by atoms with Gasteiger partial charge in [0, 0.05) is 35.4 Å². The zero-order valence-corrected chi connectivity index (χ0v) is 13.2. The number of aryl methyl sites for hydroxylation is 2.